The Hall–Kier alpha value is -1.68. The van der Waals surface area contributed by atoms with Gasteiger partial charge < -0.3 is 5.32 Å². The molecule has 3 rings (SSSR count). The normalized spacial score (nSPS) is 16.4. The molecule has 0 aromatic carbocycles. The zero-order chi connectivity index (χ0) is 11.0. The standard InChI is InChI=1S/C12H14N4/c1-16-12-10(7-15-16)6-14-8-11(12)9-2-4-13-5-3-9/h2,6-8,13H,3-5H2,1H3. The maximum absolute atomic E-state index is 4.29. The number of nitrogens with one attached hydrogen (secondary N) is 1. The molecule has 1 N–H and O–H groups in total. The smallest absolute Gasteiger partial charge is 0.0785 e. The van der Waals surface area contributed by atoms with Crippen LogP contribution in [0.3, 0.4) is 0 Å². The van der Waals surface area contributed by atoms with E-state index in [0.29, 0.717) is 0 Å². The van der Waals surface area contributed by atoms with Gasteiger partial charge in [0.25, 0.3) is 0 Å². The lowest BCUT2D eigenvalue weighted by atomic mass is 10.0. The molecule has 0 unspecified atom stereocenters. The molecule has 3 heterocycles. The van der Waals surface area contributed by atoms with Gasteiger partial charge in [-0.25, -0.2) is 0 Å². The molecule has 0 saturated heterocycles. The summed E-state index contributed by atoms with van der Waals surface area (Å²) in [4.78, 5) is 4.29. The summed E-state index contributed by atoms with van der Waals surface area (Å²) in [6.07, 6.45) is 8.99. The zero-order valence-electron chi connectivity index (χ0n) is 9.27. The zero-order valence-corrected chi connectivity index (χ0v) is 9.27. The van der Waals surface area contributed by atoms with Crippen LogP contribution in [0.4, 0.5) is 0 Å². The quantitative estimate of drug-likeness (QED) is 0.779. The van der Waals surface area contributed by atoms with Crippen molar-refractivity contribution in [2.24, 2.45) is 7.05 Å². The van der Waals surface area contributed by atoms with Crippen LogP contribution < -0.4 is 5.32 Å². The minimum atomic E-state index is 0.948. The van der Waals surface area contributed by atoms with Gasteiger partial charge in [0, 0.05) is 36.9 Å². The Morgan fingerprint density at radius 1 is 1.31 bits per heavy atom. The van der Waals surface area contributed by atoms with Crippen molar-refractivity contribution in [3.05, 3.63) is 30.2 Å². The van der Waals surface area contributed by atoms with Crippen LogP contribution in [0.1, 0.15) is 12.0 Å². The SMILES string of the molecule is Cn1ncc2cncc(C3=CCNCC3)c21. The highest BCUT2D eigenvalue weighted by atomic mass is 15.2. The number of aryl methyl sites for hydroxylation is 1. The molecule has 0 amide bonds. The number of aromatic nitrogens is 3. The third-order valence-corrected chi connectivity index (χ3v) is 3.05. The Labute approximate surface area is 94.0 Å². The predicted octanol–water partition coefficient (Wildman–Crippen LogP) is 1.34. The fraction of sp³-hybridized carbons (Fsp3) is 0.333. The lowest BCUT2D eigenvalue weighted by molar-refractivity contribution is 0.737. The maximum Gasteiger partial charge on any atom is 0.0785 e. The summed E-state index contributed by atoms with van der Waals surface area (Å²) in [6.45, 7) is 1.99. The number of pyridine rings is 1. The Bertz CT molecular complexity index is 553. The van der Waals surface area contributed by atoms with E-state index in [1.165, 1.54) is 16.7 Å². The number of hydrogen-bond donors (Lipinski definition) is 1. The molecule has 1 aliphatic heterocycles. The van der Waals surface area contributed by atoms with Crippen molar-refractivity contribution in [2.75, 3.05) is 13.1 Å². The second kappa shape index (κ2) is 3.72. The van der Waals surface area contributed by atoms with Crippen LogP contribution in [-0.2, 0) is 7.05 Å². The van der Waals surface area contributed by atoms with E-state index in [4.69, 9.17) is 0 Å². The third-order valence-electron chi connectivity index (χ3n) is 3.05. The Morgan fingerprint density at radius 3 is 3.06 bits per heavy atom. The molecular weight excluding hydrogens is 200 g/mol. The number of fused-ring (bicyclic) bond motifs is 1. The highest BCUT2D eigenvalue weighted by molar-refractivity contribution is 5.90. The number of nitrogens with zero attached hydrogens (tertiary/aromatic N) is 3. The van der Waals surface area contributed by atoms with Gasteiger partial charge in [-0.05, 0) is 18.5 Å². The van der Waals surface area contributed by atoms with Crippen molar-refractivity contribution >= 4 is 16.5 Å². The molecule has 4 nitrogen and oxygen atoms in total. The molecule has 2 aromatic rings. The van der Waals surface area contributed by atoms with Crippen LogP contribution in [0.25, 0.3) is 16.5 Å². The van der Waals surface area contributed by atoms with Gasteiger partial charge in [-0.2, -0.15) is 5.10 Å². The molecule has 0 radical (unpaired) electrons. The van der Waals surface area contributed by atoms with Gasteiger partial charge in [-0.1, -0.05) is 6.08 Å². The average molecular weight is 214 g/mol. The van der Waals surface area contributed by atoms with Crippen molar-refractivity contribution in [1.29, 1.82) is 0 Å². The summed E-state index contributed by atoms with van der Waals surface area (Å²) in [5, 5.41) is 8.72. The van der Waals surface area contributed by atoms with Crippen LogP contribution in [0.5, 0.6) is 0 Å². The van der Waals surface area contributed by atoms with Crippen LogP contribution in [0.2, 0.25) is 0 Å². The van der Waals surface area contributed by atoms with Crippen LogP contribution in [0.15, 0.2) is 24.7 Å². The summed E-state index contributed by atoms with van der Waals surface area (Å²) >= 11 is 0. The average Bonchev–Trinajstić information content (AvgIpc) is 2.73. The first-order chi connectivity index (χ1) is 7.86. The summed E-state index contributed by atoms with van der Waals surface area (Å²) in [5.74, 6) is 0. The van der Waals surface area contributed by atoms with E-state index in [1.54, 1.807) is 0 Å². The van der Waals surface area contributed by atoms with Crippen molar-refractivity contribution in [1.82, 2.24) is 20.1 Å². The van der Waals surface area contributed by atoms with E-state index in [2.05, 4.69) is 21.5 Å². The van der Waals surface area contributed by atoms with Crippen molar-refractivity contribution in [2.45, 2.75) is 6.42 Å². The fourth-order valence-electron chi connectivity index (χ4n) is 2.23. The van der Waals surface area contributed by atoms with Crippen molar-refractivity contribution < 1.29 is 0 Å². The molecular formula is C12H14N4. The predicted molar refractivity (Wildman–Crippen MR) is 64.0 cm³/mol. The first-order valence-electron chi connectivity index (χ1n) is 5.52. The first-order valence-corrected chi connectivity index (χ1v) is 5.52. The monoisotopic (exact) mass is 214 g/mol. The van der Waals surface area contributed by atoms with Crippen LogP contribution >= 0.6 is 0 Å². The first kappa shape index (κ1) is 9.54. The van der Waals surface area contributed by atoms with Crippen LogP contribution in [0, 0.1) is 0 Å². The summed E-state index contributed by atoms with van der Waals surface area (Å²) in [7, 11) is 1.98. The molecule has 82 valence electrons. The van der Waals surface area contributed by atoms with Gasteiger partial charge in [0.2, 0.25) is 0 Å². The van der Waals surface area contributed by atoms with E-state index in [9.17, 15) is 0 Å². The van der Waals surface area contributed by atoms with Gasteiger partial charge in [0.15, 0.2) is 0 Å². The minimum absolute atomic E-state index is 0.948. The van der Waals surface area contributed by atoms with Crippen molar-refractivity contribution in [3.8, 4) is 0 Å². The van der Waals surface area contributed by atoms with Gasteiger partial charge in [0.05, 0.1) is 11.7 Å². The lowest BCUT2D eigenvalue weighted by Gasteiger charge is -2.15. The van der Waals surface area contributed by atoms with Gasteiger partial charge in [-0.3, -0.25) is 9.67 Å². The Morgan fingerprint density at radius 2 is 2.25 bits per heavy atom. The number of rotatable bonds is 1. The molecule has 0 atom stereocenters. The fourth-order valence-corrected chi connectivity index (χ4v) is 2.23. The highest BCUT2D eigenvalue weighted by Gasteiger charge is 2.12. The molecule has 0 bridgehead atoms. The highest BCUT2D eigenvalue weighted by Crippen LogP contribution is 2.26. The van der Waals surface area contributed by atoms with E-state index < -0.39 is 0 Å². The van der Waals surface area contributed by atoms with Gasteiger partial charge >= 0.3 is 0 Å². The summed E-state index contributed by atoms with van der Waals surface area (Å²) < 4.78 is 1.93. The molecule has 4 heteroatoms. The second-order valence-electron chi connectivity index (χ2n) is 4.08. The minimum Gasteiger partial charge on any atom is -0.313 e. The van der Waals surface area contributed by atoms with Gasteiger partial charge in [0.1, 0.15) is 0 Å². The third kappa shape index (κ3) is 1.42. The molecule has 0 fully saturated rings. The molecule has 16 heavy (non-hydrogen) atoms. The molecule has 1 aliphatic rings. The molecule has 0 aliphatic carbocycles. The van der Waals surface area contributed by atoms with Gasteiger partial charge in [-0.15, -0.1) is 0 Å². The lowest BCUT2D eigenvalue weighted by Crippen LogP contribution is -2.20. The van der Waals surface area contributed by atoms with E-state index >= 15 is 0 Å². The second-order valence-corrected chi connectivity index (χ2v) is 4.08. The summed E-state index contributed by atoms with van der Waals surface area (Å²) in [6, 6.07) is 0. The molecule has 0 saturated carbocycles. The van der Waals surface area contributed by atoms with Crippen LogP contribution in [-0.4, -0.2) is 27.9 Å². The van der Waals surface area contributed by atoms with E-state index in [1.807, 2.05) is 30.3 Å². The van der Waals surface area contributed by atoms with E-state index in [-0.39, 0.29) is 0 Å². The molecule has 0 spiro atoms. The Kier molecular flexibility index (Phi) is 2.22. The maximum atomic E-state index is 4.29. The molecule has 2 aromatic heterocycles. The Balaban J connectivity index is 2.22. The number of hydrogen-bond acceptors (Lipinski definition) is 3. The summed E-state index contributed by atoms with van der Waals surface area (Å²) in [5.41, 5.74) is 3.78. The van der Waals surface area contributed by atoms with Crippen molar-refractivity contribution in [3.63, 3.8) is 0 Å². The van der Waals surface area contributed by atoms with E-state index in [0.717, 1.165) is 24.9 Å². The largest absolute Gasteiger partial charge is 0.313 e. The topological polar surface area (TPSA) is 42.7 Å².